The van der Waals surface area contributed by atoms with E-state index in [0.717, 1.165) is 50.1 Å². The van der Waals surface area contributed by atoms with Crippen molar-refractivity contribution < 1.29 is 13.9 Å². The number of fused-ring (bicyclic) bond motifs is 3. The van der Waals surface area contributed by atoms with Crippen molar-refractivity contribution in [3.05, 3.63) is 30.3 Å². The van der Waals surface area contributed by atoms with Gasteiger partial charge in [0.05, 0.1) is 36.5 Å². The van der Waals surface area contributed by atoms with E-state index in [1.165, 1.54) is 6.07 Å². The molecule has 1 N–H and O–H groups in total. The molecule has 4 heterocycles. The van der Waals surface area contributed by atoms with Crippen LogP contribution in [0.25, 0.3) is 22.3 Å². The molecule has 3 aromatic rings. The number of rotatable bonds is 4. The molecular formula is C21H22FN5O2. The number of aromatic amines is 1. The molecule has 1 aliphatic carbocycles. The first kappa shape index (κ1) is 17.1. The van der Waals surface area contributed by atoms with Gasteiger partial charge in [-0.25, -0.2) is 14.4 Å². The third-order valence-electron chi connectivity index (χ3n) is 6.33. The molecule has 0 spiro atoms. The van der Waals surface area contributed by atoms with Gasteiger partial charge in [0.25, 0.3) is 0 Å². The van der Waals surface area contributed by atoms with Crippen LogP contribution in [0.4, 0.5) is 10.2 Å². The van der Waals surface area contributed by atoms with Crippen LogP contribution in [0, 0.1) is 5.82 Å². The third-order valence-corrected chi connectivity index (χ3v) is 6.33. The SMILES string of the molecule is CC1(Oc2cc3c(-c4cc(N5C6CCC5COC6)ncn4)n[nH]c3cc2F)CC1. The second kappa shape index (κ2) is 6.13. The average molecular weight is 395 g/mol. The first-order chi connectivity index (χ1) is 14.1. The van der Waals surface area contributed by atoms with Crippen LogP contribution in [0.15, 0.2) is 24.5 Å². The van der Waals surface area contributed by atoms with Crippen LogP contribution in [0.1, 0.15) is 32.6 Å². The third kappa shape index (κ3) is 2.85. The Morgan fingerprint density at radius 1 is 1.17 bits per heavy atom. The van der Waals surface area contributed by atoms with Gasteiger partial charge in [-0.1, -0.05) is 0 Å². The monoisotopic (exact) mass is 395 g/mol. The fourth-order valence-corrected chi connectivity index (χ4v) is 4.46. The van der Waals surface area contributed by atoms with Crippen LogP contribution in [0.3, 0.4) is 0 Å². The zero-order valence-corrected chi connectivity index (χ0v) is 16.2. The van der Waals surface area contributed by atoms with E-state index in [1.807, 2.05) is 13.0 Å². The van der Waals surface area contributed by atoms with Crippen molar-refractivity contribution in [2.75, 3.05) is 18.1 Å². The maximum atomic E-state index is 14.5. The zero-order valence-electron chi connectivity index (χ0n) is 16.2. The van der Waals surface area contributed by atoms with E-state index < -0.39 is 0 Å². The summed E-state index contributed by atoms with van der Waals surface area (Å²) in [6.45, 7) is 3.47. The Balaban J connectivity index is 1.40. The molecule has 3 aliphatic rings. The summed E-state index contributed by atoms with van der Waals surface area (Å²) in [5, 5.41) is 8.13. The van der Waals surface area contributed by atoms with Crippen LogP contribution in [0.5, 0.6) is 5.75 Å². The standard InChI is InChI=1S/C21H22FN5O2/c1-21(4-5-21)29-18-6-14-16(7-15(18)22)25-26-20(14)17-8-19(24-11-23-17)27-12-2-3-13(27)10-28-9-12/h6-8,11-13H,2-5,9-10H2,1H3,(H,25,26). The number of hydrogen-bond acceptors (Lipinski definition) is 6. The fraction of sp³-hybridized carbons (Fsp3) is 0.476. The summed E-state index contributed by atoms with van der Waals surface area (Å²) in [6, 6.07) is 5.87. The smallest absolute Gasteiger partial charge is 0.167 e. The number of morpholine rings is 1. The van der Waals surface area contributed by atoms with Crippen molar-refractivity contribution in [2.24, 2.45) is 0 Å². The highest BCUT2D eigenvalue weighted by Gasteiger charge is 2.41. The van der Waals surface area contributed by atoms with Gasteiger partial charge in [-0.05, 0) is 38.7 Å². The van der Waals surface area contributed by atoms with Crippen molar-refractivity contribution in [3.63, 3.8) is 0 Å². The summed E-state index contributed by atoms with van der Waals surface area (Å²) in [7, 11) is 0. The summed E-state index contributed by atoms with van der Waals surface area (Å²) in [5.41, 5.74) is 1.76. The van der Waals surface area contributed by atoms with Gasteiger partial charge in [-0.15, -0.1) is 0 Å². The maximum Gasteiger partial charge on any atom is 0.167 e. The quantitative estimate of drug-likeness (QED) is 0.729. The van der Waals surface area contributed by atoms with Crippen molar-refractivity contribution >= 4 is 16.7 Å². The van der Waals surface area contributed by atoms with E-state index in [4.69, 9.17) is 9.47 Å². The second-order valence-corrected chi connectivity index (χ2v) is 8.54. The molecule has 150 valence electrons. The molecule has 2 unspecified atom stereocenters. The molecule has 2 bridgehead atoms. The fourth-order valence-electron chi connectivity index (χ4n) is 4.46. The van der Waals surface area contributed by atoms with Crippen LogP contribution in [-0.4, -0.2) is 51.1 Å². The van der Waals surface area contributed by atoms with Crippen molar-refractivity contribution in [3.8, 4) is 17.1 Å². The van der Waals surface area contributed by atoms with Gasteiger partial charge in [-0.2, -0.15) is 5.10 Å². The van der Waals surface area contributed by atoms with Crippen LogP contribution in [0.2, 0.25) is 0 Å². The normalized spacial score (nSPS) is 24.8. The lowest BCUT2D eigenvalue weighted by molar-refractivity contribution is 0.0902. The molecule has 2 atom stereocenters. The molecule has 0 amide bonds. The number of nitrogens with one attached hydrogen (secondary N) is 1. The lowest BCUT2D eigenvalue weighted by atomic mass is 10.1. The topological polar surface area (TPSA) is 76.2 Å². The van der Waals surface area contributed by atoms with Crippen LogP contribution >= 0.6 is 0 Å². The summed E-state index contributed by atoms with van der Waals surface area (Å²) in [4.78, 5) is 11.3. The Bertz CT molecular complexity index is 1080. The van der Waals surface area contributed by atoms with Crippen LogP contribution in [-0.2, 0) is 4.74 Å². The molecule has 0 radical (unpaired) electrons. The van der Waals surface area contributed by atoms with E-state index in [1.54, 1.807) is 12.4 Å². The van der Waals surface area contributed by atoms with Crippen molar-refractivity contribution in [2.45, 2.75) is 50.3 Å². The predicted molar refractivity (Wildman–Crippen MR) is 105 cm³/mol. The molecule has 6 rings (SSSR count). The summed E-state index contributed by atoms with van der Waals surface area (Å²) in [5.74, 6) is 0.778. The molecule has 8 heteroatoms. The van der Waals surface area contributed by atoms with E-state index in [2.05, 4.69) is 25.1 Å². The lowest BCUT2D eigenvalue weighted by Crippen LogP contribution is -2.46. The molecule has 2 aliphatic heterocycles. The Morgan fingerprint density at radius 3 is 2.72 bits per heavy atom. The predicted octanol–water partition coefficient (Wildman–Crippen LogP) is 3.46. The van der Waals surface area contributed by atoms with Crippen molar-refractivity contribution in [1.29, 1.82) is 0 Å². The molecule has 3 fully saturated rings. The average Bonchev–Trinajstić information content (AvgIpc) is 3.22. The van der Waals surface area contributed by atoms with Crippen LogP contribution < -0.4 is 9.64 Å². The molecular weight excluding hydrogens is 373 g/mol. The number of benzene rings is 1. The number of halogens is 1. The van der Waals surface area contributed by atoms with Gasteiger partial charge in [-0.3, -0.25) is 5.10 Å². The number of ether oxygens (including phenoxy) is 2. The van der Waals surface area contributed by atoms with Gasteiger partial charge in [0, 0.05) is 17.5 Å². The van der Waals surface area contributed by atoms with E-state index >= 15 is 0 Å². The number of anilines is 1. The summed E-state index contributed by atoms with van der Waals surface area (Å²) in [6.07, 6.45) is 5.70. The van der Waals surface area contributed by atoms with Gasteiger partial charge >= 0.3 is 0 Å². The number of H-pyrrole nitrogens is 1. The Morgan fingerprint density at radius 2 is 1.97 bits per heavy atom. The zero-order chi connectivity index (χ0) is 19.6. The lowest BCUT2D eigenvalue weighted by Gasteiger charge is -2.35. The van der Waals surface area contributed by atoms with E-state index in [9.17, 15) is 4.39 Å². The first-order valence-electron chi connectivity index (χ1n) is 10.1. The Kier molecular flexibility index (Phi) is 3.62. The molecule has 7 nitrogen and oxygen atoms in total. The Labute approximate surface area is 167 Å². The summed E-state index contributed by atoms with van der Waals surface area (Å²) >= 11 is 0. The van der Waals surface area contributed by atoms with E-state index in [-0.39, 0.29) is 17.2 Å². The summed E-state index contributed by atoms with van der Waals surface area (Å²) < 4.78 is 26.1. The minimum atomic E-state index is -0.380. The molecule has 1 saturated carbocycles. The minimum absolute atomic E-state index is 0.254. The highest BCUT2D eigenvalue weighted by Crippen LogP contribution is 2.42. The number of aromatic nitrogens is 4. The first-order valence-corrected chi connectivity index (χ1v) is 10.1. The largest absolute Gasteiger partial charge is 0.484 e. The number of hydrogen-bond donors (Lipinski definition) is 1. The molecule has 1 aromatic carbocycles. The maximum absolute atomic E-state index is 14.5. The molecule has 2 aromatic heterocycles. The van der Waals surface area contributed by atoms with Gasteiger partial charge < -0.3 is 14.4 Å². The highest BCUT2D eigenvalue weighted by molar-refractivity contribution is 5.93. The second-order valence-electron chi connectivity index (χ2n) is 8.54. The molecule has 29 heavy (non-hydrogen) atoms. The highest BCUT2D eigenvalue weighted by atomic mass is 19.1. The van der Waals surface area contributed by atoms with E-state index in [0.29, 0.717) is 29.0 Å². The van der Waals surface area contributed by atoms with Gasteiger partial charge in [0.2, 0.25) is 0 Å². The van der Waals surface area contributed by atoms with Gasteiger partial charge in [0.15, 0.2) is 11.6 Å². The number of nitrogens with zero attached hydrogens (tertiary/aromatic N) is 4. The van der Waals surface area contributed by atoms with Gasteiger partial charge in [0.1, 0.15) is 23.4 Å². The Hall–Kier alpha value is -2.74. The van der Waals surface area contributed by atoms with Crippen molar-refractivity contribution in [1.82, 2.24) is 20.2 Å². The minimum Gasteiger partial charge on any atom is -0.484 e. The molecule has 2 saturated heterocycles.